The number of rotatable bonds is 0. The molecule has 1 aliphatic rings. The molecule has 1 rings (SSSR count). The Morgan fingerprint density at radius 1 is 1.80 bits per heavy atom. The maximum Gasteiger partial charge on any atom is 0.411 e. The van der Waals surface area contributed by atoms with Gasteiger partial charge in [-0.3, -0.25) is 4.90 Å². The first-order valence-electron chi connectivity index (χ1n) is 3.24. The number of nitrogens with zero attached hydrogens (tertiary/aromatic N) is 1. The first-order valence-corrected chi connectivity index (χ1v) is 3.24. The van der Waals surface area contributed by atoms with Crippen LogP contribution in [0, 0.1) is 0 Å². The van der Waals surface area contributed by atoms with E-state index in [9.17, 15) is 9.18 Å². The molecule has 1 aliphatic heterocycles. The zero-order valence-corrected chi connectivity index (χ0v) is 5.84. The molecule has 0 N–H and O–H groups in total. The Balaban J connectivity index is 2.46. The lowest BCUT2D eigenvalue weighted by Gasteiger charge is -2.15. The molecule has 1 saturated heterocycles. The highest BCUT2D eigenvalue weighted by Crippen LogP contribution is 2.18. The largest absolute Gasteiger partial charge is 0.453 e. The molecule has 1 amide bonds. The van der Waals surface area contributed by atoms with Crippen molar-refractivity contribution in [2.75, 3.05) is 13.7 Å². The van der Waals surface area contributed by atoms with Crippen LogP contribution in [0.4, 0.5) is 9.18 Å². The van der Waals surface area contributed by atoms with Gasteiger partial charge in [0.15, 0.2) is 6.30 Å². The van der Waals surface area contributed by atoms with Crippen LogP contribution in [0.3, 0.4) is 0 Å². The van der Waals surface area contributed by atoms with E-state index in [0.29, 0.717) is 13.0 Å². The summed E-state index contributed by atoms with van der Waals surface area (Å²) in [6, 6.07) is 0. The van der Waals surface area contributed by atoms with Crippen LogP contribution in [0.1, 0.15) is 12.8 Å². The number of methoxy groups -OCH3 is 1. The van der Waals surface area contributed by atoms with Crippen LogP contribution in [-0.4, -0.2) is 30.9 Å². The highest BCUT2D eigenvalue weighted by atomic mass is 19.1. The lowest BCUT2D eigenvalue weighted by Crippen LogP contribution is -2.32. The van der Waals surface area contributed by atoms with E-state index in [2.05, 4.69) is 4.74 Å². The fraction of sp³-hybridized carbons (Fsp3) is 0.833. The van der Waals surface area contributed by atoms with Crippen molar-refractivity contribution in [3.8, 4) is 0 Å². The maximum atomic E-state index is 12.7. The van der Waals surface area contributed by atoms with Crippen LogP contribution in [-0.2, 0) is 4.74 Å². The van der Waals surface area contributed by atoms with Crippen LogP contribution < -0.4 is 0 Å². The summed E-state index contributed by atoms with van der Waals surface area (Å²) in [6.45, 7) is 0.480. The predicted octanol–water partition coefficient (Wildman–Crippen LogP) is 1.14. The summed E-state index contributed by atoms with van der Waals surface area (Å²) < 4.78 is 17.0. The highest BCUT2D eigenvalue weighted by molar-refractivity contribution is 5.67. The summed E-state index contributed by atoms with van der Waals surface area (Å²) in [4.78, 5) is 11.8. The molecular weight excluding hydrogens is 137 g/mol. The Morgan fingerprint density at radius 2 is 2.50 bits per heavy atom. The van der Waals surface area contributed by atoms with Crippen molar-refractivity contribution in [3.05, 3.63) is 0 Å². The van der Waals surface area contributed by atoms with E-state index < -0.39 is 12.4 Å². The second-order valence-electron chi connectivity index (χ2n) is 2.24. The van der Waals surface area contributed by atoms with Crippen molar-refractivity contribution >= 4 is 6.09 Å². The first kappa shape index (κ1) is 7.31. The third-order valence-electron chi connectivity index (χ3n) is 1.59. The van der Waals surface area contributed by atoms with Gasteiger partial charge in [-0.05, 0) is 12.8 Å². The number of hydrogen-bond donors (Lipinski definition) is 0. The van der Waals surface area contributed by atoms with Crippen LogP contribution >= 0.6 is 0 Å². The molecule has 0 aromatic carbocycles. The zero-order valence-electron chi connectivity index (χ0n) is 5.84. The number of ether oxygens (including phenoxy) is 1. The minimum Gasteiger partial charge on any atom is -0.453 e. The molecule has 4 heteroatoms. The van der Waals surface area contributed by atoms with Gasteiger partial charge in [-0.1, -0.05) is 0 Å². The molecule has 1 atom stereocenters. The second-order valence-corrected chi connectivity index (χ2v) is 2.24. The fourth-order valence-electron chi connectivity index (χ4n) is 1.05. The van der Waals surface area contributed by atoms with Gasteiger partial charge < -0.3 is 4.74 Å². The zero-order chi connectivity index (χ0) is 7.56. The van der Waals surface area contributed by atoms with Crippen LogP contribution in [0.15, 0.2) is 0 Å². The molecule has 0 bridgehead atoms. The monoisotopic (exact) mass is 147 g/mol. The molecule has 0 aromatic rings. The number of halogens is 1. The number of likely N-dealkylation sites (tertiary alicyclic amines) is 1. The van der Waals surface area contributed by atoms with Crippen molar-refractivity contribution in [1.29, 1.82) is 0 Å². The van der Waals surface area contributed by atoms with Crippen LogP contribution in [0.2, 0.25) is 0 Å². The lowest BCUT2D eigenvalue weighted by atomic mass is 10.4. The van der Waals surface area contributed by atoms with Gasteiger partial charge in [0.25, 0.3) is 0 Å². The van der Waals surface area contributed by atoms with Gasteiger partial charge in [0, 0.05) is 6.54 Å². The molecule has 0 saturated carbocycles. The molecular formula is C6H10FNO2. The van der Waals surface area contributed by atoms with E-state index in [4.69, 9.17) is 0 Å². The molecule has 0 radical (unpaired) electrons. The third-order valence-corrected chi connectivity index (χ3v) is 1.59. The molecule has 3 nitrogen and oxygen atoms in total. The Bertz CT molecular complexity index is 140. The van der Waals surface area contributed by atoms with Crippen molar-refractivity contribution in [3.63, 3.8) is 0 Å². The molecule has 58 valence electrons. The van der Waals surface area contributed by atoms with Crippen LogP contribution in [0.5, 0.6) is 0 Å². The Hall–Kier alpha value is -0.800. The van der Waals surface area contributed by atoms with E-state index in [-0.39, 0.29) is 0 Å². The molecule has 0 aliphatic carbocycles. The Labute approximate surface area is 58.8 Å². The molecule has 1 unspecified atom stereocenters. The number of carbonyl (C=O) groups is 1. The van der Waals surface area contributed by atoms with Gasteiger partial charge in [-0.25, -0.2) is 9.18 Å². The summed E-state index contributed by atoms with van der Waals surface area (Å²) in [5, 5.41) is 0. The SMILES string of the molecule is COC(=O)N1CCCC1F. The molecule has 10 heavy (non-hydrogen) atoms. The second kappa shape index (κ2) is 2.86. The van der Waals surface area contributed by atoms with Gasteiger partial charge >= 0.3 is 6.09 Å². The maximum absolute atomic E-state index is 12.7. The standard InChI is InChI=1S/C6H10FNO2/c1-10-6(9)8-4-2-3-5(8)7/h5H,2-4H2,1H3. The number of hydrogen-bond acceptors (Lipinski definition) is 2. The molecule has 1 fully saturated rings. The van der Waals surface area contributed by atoms with Crippen molar-refractivity contribution in [2.45, 2.75) is 19.1 Å². The smallest absolute Gasteiger partial charge is 0.411 e. The summed E-state index contributed by atoms with van der Waals surface area (Å²) in [6.07, 6.45) is -0.525. The Morgan fingerprint density at radius 3 is 2.90 bits per heavy atom. The summed E-state index contributed by atoms with van der Waals surface area (Å²) in [5.41, 5.74) is 0. The quantitative estimate of drug-likeness (QED) is 0.481. The van der Waals surface area contributed by atoms with Gasteiger partial charge in [-0.15, -0.1) is 0 Å². The Kier molecular flexibility index (Phi) is 2.09. The van der Waals surface area contributed by atoms with E-state index in [0.717, 1.165) is 11.3 Å². The average Bonchev–Trinajstić information content (AvgIpc) is 2.34. The summed E-state index contributed by atoms with van der Waals surface area (Å²) in [5.74, 6) is 0. The van der Waals surface area contributed by atoms with E-state index in [1.165, 1.54) is 7.11 Å². The van der Waals surface area contributed by atoms with Gasteiger partial charge in [0.05, 0.1) is 7.11 Å². The van der Waals surface area contributed by atoms with Crippen LogP contribution in [0.25, 0.3) is 0 Å². The minimum atomic E-state index is -1.13. The first-order chi connectivity index (χ1) is 4.75. The van der Waals surface area contributed by atoms with E-state index in [1.807, 2.05) is 0 Å². The number of amides is 1. The minimum absolute atomic E-state index is 0.440. The van der Waals surface area contributed by atoms with Crippen molar-refractivity contribution in [2.24, 2.45) is 0 Å². The lowest BCUT2D eigenvalue weighted by molar-refractivity contribution is 0.0838. The molecule has 0 aromatic heterocycles. The average molecular weight is 147 g/mol. The third kappa shape index (κ3) is 1.20. The van der Waals surface area contributed by atoms with Gasteiger partial charge in [0.1, 0.15) is 0 Å². The normalized spacial score (nSPS) is 25.0. The highest BCUT2D eigenvalue weighted by Gasteiger charge is 2.28. The van der Waals surface area contributed by atoms with Crippen molar-refractivity contribution < 1.29 is 13.9 Å². The fourth-order valence-corrected chi connectivity index (χ4v) is 1.05. The topological polar surface area (TPSA) is 29.5 Å². The molecule has 0 spiro atoms. The van der Waals surface area contributed by atoms with E-state index >= 15 is 0 Å². The van der Waals surface area contributed by atoms with E-state index in [1.54, 1.807) is 0 Å². The number of carbonyl (C=O) groups excluding carboxylic acids is 1. The predicted molar refractivity (Wildman–Crippen MR) is 33.2 cm³/mol. The summed E-state index contributed by atoms with van der Waals surface area (Å²) in [7, 11) is 1.26. The number of alkyl halides is 1. The van der Waals surface area contributed by atoms with Gasteiger partial charge in [0.2, 0.25) is 0 Å². The summed E-state index contributed by atoms with van der Waals surface area (Å²) >= 11 is 0. The van der Waals surface area contributed by atoms with Gasteiger partial charge in [-0.2, -0.15) is 0 Å². The molecule has 1 heterocycles. The van der Waals surface area contributed by atoms with Crippen molar-refractivity contribution in [1.82, 2.24) is 4.90 Å².